The molecule has 0 radical (unpaired) electrons. The summed E-state index contributed by atoms with van der Waals surface area (Å²) in [4.78, 5) is 2.41. The van der Waals surface area contributed by atoms with Crippen molar-refractivity contribution >= 4 is 33.0 Å². The minimum atomic E-state index is -3.82. The Hall–Kier alpha value is -2.74. The maximum Gasteiger partial charge on any atom is 0.262 e. The number of halogens is 1. The van der Waals surface area contributed by atoms with Crippen LogP contribution in [0.15, 0.2) is 71.6 Å². The third-order valence-corrected chi connectivity index (χ3v) is 7.41. The summed E-state index contributed by atoms with van der Waals surface area (Å²) in [6.45, 7) is 5.96. The van der Waals surface area contributed by atoms with Crippen molar-refractivity contribution in [2.24, 2.45) is 0 Å². The molecule has 6 nitrogen and oxygen atoms in total. The molecule has 1 fully saturated rings. The molecule has 0 bridgehead atoms. The number of ether oxygens (including phenoxy) is 1. The van der Waals surface area contributed by atoms with E-state index in [2.05, 4.69) is 28.8 Å². The fraction of sp³-hybridized carbons (Fsp3) is 0.280. The molecule has 2 unspecified atom stereocenters. The minimum Gasteiger partial charge on any atom is -0.495 e. The fourth-order valence-corrected chi connectivity index (χ4v) is 5.53. The van der Waals surface area contributed by atoms with Gasteiger partial charge in [-0.05, 0) is 55.8 Å². The molecule has 0 spiro atoms. The molecule has 0 amide bonds. The van der Waals surface area contributed by atoms with E-state index >= 15 is 0 Å². The second-order valence-corrected chi connectivity index (χ2v) is 10.5. The van der Waals surface area contributed by atoms with E-state index in [9.17, 15) is 8.42 Å². The van der Waals surface area contributed by atoms with Crippen molar-refractivity contribution in [3.63, 3.8) is 0 Å². The van der Waals surface area contributed by atoms with Gasteiger partial charge >= 0.3 is 0 Å². The Kier molecular flexibility index (Phi) is 6.83. The van der Waals surface area contributed by atoms with Crippen LogP contribution in [-0.2, 0) is 10.0 Å². The first kappa shape index (κ1) is 23.4. The van der Waals surface area contributed by atoms with Crippen LogP contribution < -0.4 is 19.7 Å². The highest BCUT2D eigenvalue weighted by Gasteiger charge is 2.23. The molecule has 0 aliphatic carbocycles. The number of nitrogens with one attached hydrogen (secondary N) is 2. The monoisotopic (exact) mass is 485 g/mol. The van der Waals surface area contributed by atoms with E-state index < -0.39 is 10.0 Å². The summed E-state index contributed by atoms with van der Waals surface area (Å²) in [5, 5.41) is 4.12. The Balaban J connectivity index is 1.60. The predicted molar refractivity (Wildman–Crippen MR) is 135 cm³/mol. The zero-order chi connectivity index (χ0) is 23.6. The highest BCUT2D eigenvalue weighted by atomic mass is 35.5. The molecule has 3 aromatic rings. The average molecular weight is 486 g/mol. The SMILES string of the molecule is COc1ccc(N2CC(C)NC(C)C2)cc1NS(=O)(=O)c1ccc(-c2ccccc2Cl)cc1. The van der Waals surface area contributed by atoms with Crippen LogP contribution >= 0.6 is 11.6 Å². The maximum absolute atomic E-state index is 13.2. The van der Waals surface area contributed by atoms with Crippen molar-refractivity contribution in [1.29, 1.82) is 0 Å². The highest BCUT2D eigenvalue weighted by Crippen LogP contribution is 2.33. The number of hydrogen-bond acceptors (Lipinski definition) is 5. The van der Waals surface area contributed by atoms with E-state index in [0.717, 1.165) is 29.9 Å². The molecule has 1 aliphatic heterocycles. The molecule has 33 heavy (non-hydrogen) atoms. The first-order valence-corrected chi connectivity index (χ1v) is 12.7. The largest absolute Gasteiger partial charge is 0.495 e. The lowest BCUT2D eigenvalue weighted by Crippen LogP contribution is -2.54. The molecule has 2 atom stereocenters. The van der Waals surface area contributed by atoms with E-state index in [1.54, 1.807) is 30.3 Å². The molecule has 2 N–H and O–H groups in total. The quantitative estimate of drug-likeness (QED) is 0.514. The molecule has 3 aromatic carbocycles. The molecule has 4 rings (SSSR count). The number of rotatable bonds is 6. The summed E-state index contributed by atoms with van der Waals surface area (Å²) in [7, 11) is -2.29. The predicted octanol–water partition coefficient (Wildman–Crippen LogP) is 5.00. The molecule has 0 saturated carbocycles. The number of methoxy groups -OCH3 is 1. The van der Waals surface area contributed by atoms with Gasteiger partial charge in [0.2, 0.25) is 0 Å². The van der Waals surface area contributed by atoms with Crippen molar-refractivity contribution in [1.82, 2.24) is 5.32 Å². The van der Waals surface area contributed by atoms with Gasteiger partial charge in [-0.1, -0.05) is 41.9 Å². The van der Waals surface area contributed by atoms with Crippen molar-refractivity contribution in [3.05, 3.63) is 71.8 Å². The van der Waals surface area contributed by atoms with Crippen LogP contribution in [0, 0.1) is 0 Å². The summed E-state index contributed by atoms with van der Waals surface area (Å²) >= 11 is 6.27. The lowest BCUT2D eigenvalue weighted by molar-refractivity contribution is 0.406. The topological polar surface area (TPSA) is 70.7 Å². The fourth-order valence-electron chi connectivity index (χ4n) is 4.22. The number of hydrogen-bond donors (Lipinski definition) is 2. The van der Waals surface area contributed by atoms with Gasteiger partial charge in [0.25, 0.3) is 10.0 Å². The summed E-state index contributed by atoms with van der Waals surface area (Å²) in [5.41, 5.74) is 3.05. The van der Waals surface area contributed by atoms with E-state index in [4.69, 9.17) is 16.3 Å². The standard InChI is InChI=1S/C25H28ClN3O3S/c1-17-15-29(16-18(2)27-17)20-10-13-25(32-3)24(14-20)28-33(30,31)21-11-8-19(9-12-21)22-6-4-5-7-23(22)26/h4-14,17-18,27-28H,15-16H2,1-3H3. The molecular formula is C25H28ClN3O3S. The third kappa shape index (κ3) is 5.27. The molecule has 1 aliphatic rings. The molecular weight excluding hydrogens is 458 g/mol. The molecule has 1 heterocycles. The zero-order valence-electron chi connectivity index (χ0n) is 18.9. The lowest BCUT2D eigenvalue weighted by atomic mass is 10.1. The van der Waals surface area contributed by atoms with E-state index in [0.29, 0.717) is 28.5 Å². The van der Waals surface area contributed by atoms with Crippen LogP contribution in [0.1, 0.15) is 13.8 Å². The van der Waals surface area contributed by atoms with Gasteiger partial charge in [0.05, 0.1) is 17.7 Å². The van der Waals surface area contributed by atoms with Crippen molar-refractivity contribution in [2.45, 2.75) is 30.8 Å². The first-order chi connectivity index (χ1) is 15.8. The Morgan fingerprint density at radius 2 is 1.67 bits per heavy atom. The first-order valence-electron chi connectivity index (χ1n) is 10.8. The average Bonchev–Trinajstić information content (AvgIpc) is 2.78. The molecule has 0 aromatic heterocycles. The van der Waals surface area contributed by atoms with Gasteiger partial charge < -0.3 is 15.0 Å². The number of piperazine rings is 1. The second kappa shape index (κ2) is 9.63. The normalized spacial score (nSPS) is 18.7. The van der Waals surface area contributed by atoms with Crippen molar-refractivity contribution in [3.8, 4) is 16.9 Å². The van der Waals surface area contributed by atoms with E-state index in [1.807, 2.05) is 36.4 Å². The van der Waals surface area contributed by atoms with Crippen molar-refractivity contribution in [2.75, 3.05) is 29.8 Å². The highest BCUT2D eigenvalue weighted by molar-refractivity contribution is 7.92. The zero-order valence-corrected chi connectivity index (χ0v) is 20.5. The Bertz CT molecular complexity index is 1220. The van der Waals surface area contributed by atoms with Crippen LogP contribution in [0.2, 0.25) is 5.02 Å². The van der Waals surface area contributed by atoms with Gasteiger partial charge in [-0.3, -0.25) is 4.72 Å². The molecule has 1 saturated heterocycles. The smallest absolute Gasteiger partial charge is 0.262 e. The van der Waals surface area contributed by atoms with Gasteiger partial charge in [-0.25, -0.2) is 8.42 Å². The van der Waals surface area contributed by atoms with Gasteiger partial charge in [-0.2, -0.15) is 0 Å². The number of sulfonamides is 1. The Morgan fingerprint density at radius 1 is 1.00 bits per heavy atom. The van der Waals surface area contributed by atoms with Crippen LogP contribution in [0.3, 0.4) is 0 Å². The summed E-state index contributed by atoms with van der Waals surface area (Å²) < 4.78 is 34.5. The second-order valence-electron chi connectivity index (χ2n) is 8.37. The van der Waals surface area contributed by atoms with E-state index in [1.165, 1.54) is 7.11 Å². The van der Waals surface area contributed by atoms with Crippen LogP contribution in [0.5, 0.6) is 5.75 Å². The minimum absolute atomic E-state index is 0.162. The van der Waals surface area contributed by atoms with Gasteiger partial charge in [0.15, 0.2) is 0 Å². The number of anilines is 2. The van der Waals surface area contributed by atoms with Crippen LogP contribution in [0.25, 0.3) is 11.1 Å². The lowest BCUT2D eigenvalue weighted by Gasteiger charge is -2.38. The summed E-state index contributed by atoms with van der Waals surface area (Å²) in [5.74, 6) is 0.464. The van der Waals surface area contributed by atoms with Crippen molar-refractivity contribution < 1.29 is 13.2 Å². The van der Waals surface area contributed by atoms with Crippen LogP contribution in [-0.4, -0.2) is 40.7 Å². The van der Waals surface area contributed by atoms with Gasteiger partial charge in [0.1, 0.15) is 5.75 Å². The Labute approximate surface area is 200 Å². The van der Waals surface area contributed by atoms with Gasteiger partial charge in [0, 0.05) is 41.4 Å². The number of nitrogens with zero attached hydrogens (tertiary/aromatic N) is 1. The molecule has 174 valence electrons. The van der Waals surface area contributed by atoms with Crippen LogP contribution in [0.4, 0.5) is 11.4 Å². The van der Waals surface area contributed by atoms with E-state index in [-0.39, 0.29) is 4.90 Å². The Morgan fingerprint density at radius 3 is 2.30 bits per heavy atom. The molecule has 8 heteroatoms. The number of benzene rings is 3. The maximum atomic E-state index is 13.2. The third-order valence-electron chi connectivity index (χ3n) is 5.70. The summed E-state index contributed by atoms with van der Waals surface area (Å²) in [6.07, 6.45) is 0. The van der Waals surface area contributed by atoms with Gasteiger partial charge in [-0.15, -0.1) is 0 Å². The summed E-state index contributed by atoms with van der Waals surface area (Å²) in [6, 6.07) is 20.4.